The summed E-state index contributed by atoms with van der Waals surface area (Å²) in [6, 6.07) is -0.865. The van der Waals surface area contributed by atoms with E-state index in [1.165, 1.54) is 11.3 Å². The Bertz CT molecular complexity index is 754. The number of ether oxygens (including phenoxy) is 2. The maximum absolute atomic E-state index is 13.0. The van der Waals surface area contributed by atoms with E-state index >= 15 is 0 Å². The average Bonchev–Trinajstić information content (AvgIpc) is 3.25. The quantitative estimate of drug-likeness (QED) is 0.449. The summed E-state index contributed by atoms with van der Waals surface area (Å²) in [6.07, 6.45) is -0.207. The van der Waals surface area contributed by atoms with Gasteiger partial charge < -0.3 is 25.4 Å². The third-order valence-corrected chi connectivity index (χ3v) is 6.40. The monoisotopic (exact) mass is 470 g/mol. The van der Waals surface area contributed by atoms with Gasteiger partial charge in [-0.2, -0.15) is 0 Å². The second-order valence-corrected chi connectivity index (χ2v) is 9.01. The third-order valence-electron chi connectivity index (χ3n) is 5.46. The van der Waals surface area contributed by atoms with Gasteiger partial charge in [-0.3, -0.25) is 4.79 Å². The van der Waals surface area contributed by atoms with Crippen LogP contribution in [0.5, 0.6) is 0 Å². The Balaban J connectivity index is 3.17. The second-order valence-electron chi connectivity index (χ2n) is 8.12. The van der Waals surface area contributed by atoms with E-state index in [1.54, 1.807) is 31.2 Å². The first kappa shape index (κ1) is 27.8. The average molecular weight is 471 g/mol. The molecule has 1 aromatic rings. The number of nitrogens with zero attached hydrogens (tertiary/aromatic N) is 2. The van der Waals surface area contributed by atoms with Crippen LogP contribution in [-0.4, -0.2) is 60.1 Å². The molecule has 0 bridgehead atoms. The molecule has 0 saturated carbocycles. The zero-order valence-corrected chi connectivity index (χ0v) is 21.0. The lowest BCUT2D eigenvalue weighted by Crippen LogP contribution is -2.51. The fourth-order valence-electron chi connectivity index (χ4n) is 3.24. The van der Waals surface area contributed by atoms with Crippen molar-refractivity contribution in [1.82, 2.24) is 15.2 Å². The highest BCUT2D eigenvalue weighted by atomic mass is 32.1. The molecule has 4 atom stereocenters. The molecule has 1 aromatic heterocycles. The van der Waals surface area contributed by atoms with Crippen LogP contribution in [0.3, 0.4) is 0 Å². The molecule has 9 nitrogen and oxygen atoms in total. The molecule has 0 aliphatic rings. The van der Waals surface area contributed by atoms with E-state index in [9.17, 15) is 14.4 Å². The first-order chi connectivity index (χ1) is 15.1. The lowest BCUT2D eigenvalue weighted by atomic mass is 9.93. The lowest BCUT2D eigenvalue weighted by Gasteiger charge is -2.35. The number of amides is 2. The van der Waals surface area contributed by atoms with Gasteiger partial charge in [-0.25, -0.2) is 14.6 Å². The summed E-state index contributed by atoms with van der Waals surface area (Å²) in [6.45, 7) is 12.1. The Morgan fingerprint density at radius 3 is 2.41 bits per heavy atom. The molecule has 32 heavy (non-hydrogen) atoms. The van der Waals surface area contributed by atoms with Crippen LogP contribution in [0.2, 0.25) is 0 Å². The van der Waals surface area contributed by atoms with Crippen LogP contribution in [0.25, 0.3) is 0 Å². The van der Waals surface area contributed by atoms with Crippen molar-refractivity contribution in [2.75, 3.05) is 20.2 Å². The molecule has 1 rings (SSSR count). The van der Waals surface area contributed by atoms with Gasteiger partial charge in [0.05, 0.1) is 12.6 Å². The van der Waals surface area contributed by atoms with Gasteiger partial charge >= 0.3 is 12.1 Å². The maximum Gasteiger partial charge on any atom is 0.407 e. The number of carbonyl (C=O) groups is 3. The van der Waals surface area contributed by atoms with E-state index in [2.05, 4.69) is 10.3 Å². The van der Waals surface area contributed by atoms with Crippen molar-refractivity contribution in [3.05, 3.63) is 16.1 Å². The molecule has 0 saturated heterocycles. The van der Waals surface area contributed by atoms with Gasteiger partial charge in [-0.1, -0.05) is 34.1 Å². The highest BCUT2D eigenvalue weighted by Gasteiger charge is 2.33. The largest absolute Gasteiger partial charge is 0.461 e. The number of aromatic nitrogens is 1. The summed E-state index contributed by atoms with van der Waals surface area (Å²) in [5.74, 6) is -0.565. The number of hydrogen-bond donors (Lipinski definition) is 2. The van der Waals surface area contributed by atoms with Gasteiger partial charge in [-0.15, -0.1) is 11.3 Å². The van der Waals surface area contributed by atoms with Gasteiger partial charge in [0, 0.05) is 31.4 Å². The van der Waals surface area contributed by atoms with Crippen molar-refractivity contribution in [2.45, 2.75) is 72.6 Å². The lowest BCUT2D eigenvalue weighted by molar-refractivity contribution is -0.136. The van der Waals surface area contributed by atoms with E-state index in [4.69, 9.17) is 15.2 Å². The van der Waals surface area contributed by atoms with Crippen LogP contribution in [0.4, 0.5) is 4.79 Å². The van der Waals surface area contributed by atoms with Crippen LogP contribution >= 0.6 is 11.3 Å². The third kappa shape index (κ3) is 7.74. The van der Waals surface area contributed by atoms with Crippen LogP contribution in [-0.2, 0) is 14.3 Å². The highest BCUT2D eigenvalue weighted by Crippen LogP contribution is 2.30. The van der Waals surface area contributed by atoms with Crippen LogP contribution in [0, 0.1) is 11.8 Å². The number of carbonyl (C=O) groups excluding carboxylic acids is 3. The molecule has 3 N–H and O–H groups in total. The molecule has 2 amide bonds. The number of alkyl carbamates (subject to hydrolysis) is 1. The van der Waals surface area contributed by atoms with Crippen molar-refractivity contribution in [1.29, 1.82) is 0 Å². The molecular formula is C22H38N4O5S. The van der Waals surface area contributed by atoms with E-state index in [-0.39, 0.29) is 36.1 Å². The smallest absolute Gasteiger partial charge is 0.407 e. The molecule has 182 valence electrons. The normalized spacial score (nSPS) is 14.9. The highest BCUT2D eigenvalue weighted by molar-refractivity contribution is 7.09. The Labute approximate surface area is 195 Å². The second kappa shape index (κ2) is 13.4. The van der Waals surface area contributed by atoms with Gasteiger partial charge in [0.2, 0.25) is 5.91 Å². The first-order valence-corrected chi connectivity index (χ1v) is 12.0. The molecule has 10 heteroatoms. The van der Waals surface area contributed by atoms with Gasteiger partial charge in [0.15, 0.2) is 11.8 Å². The minimum absolute atomic E-state index is 0.0474. The van der Waals surface area contributed by atoms with Crippen LogP contribution < -0.4 is 11.1 Å². The summed E-state index contributed by atoms with van der Waals surface area (Å²) in [4.78, 5) is 43.2. The van der Waals surface area contributed by atoms with E-state index in [0.717, 1.165) is 6.42 Å². The fourth-order valence-corrected chi connectivity index (χ4v) is 4.07. The van der Waals surface area contributed by atoms with Gasteiger partial charge in [0.25, 0.3) is 0 Å². The summed E-state index contributed by atoms with van der Waals surface area (Å²) in [7, 11) is 1.73. The molecule has 0 radical (unpaired) electrons. The number of rotatable bonds is 12. The Hall–Kier alpha value is -2.20. The molecule has 0 aliphatic carbocycles. The standard InChI is InChI=1S/C22H38N4O5S/c1-8-14(6)18(23)20(27)26(7)16(13(4)5)11-17(31-22(29)24-9-2)19-25-15(12-32-19)21(28)30-10-3/h12-14,16-18H,8-11,23H2,1-7H3,(H,24,29)/t14?,16-,17-,18+/m1/s1. The number of esters is 1. The molecule has 1 heterocycles. The number of likely N-dealkylation sites (N-methyl/N-ethyl adjacent to an activating group) is 1. The van der Waals surface area contributed by atoms with Gasteiger partial charge in [0.1, 0.15) is 5.01 Å². The summed E-state index contributed by atoms with van der Waals surface area (Å²) in [5, 5.41) is 4.67. The van der Waals surface area contributed by atoms with Crippen molar-refractivity contribution in [3.8, 4) is 0 Å². The summed E-state index contributed by atoms with van der Waals surface area (Å²) in [5.41, 5.74) is 6.36. The topological polar surface area (TPSA) is 124 Å². The minimum atomic E-state index is -0.739. The van der Waals surface area contributed by atoms with E-state index in [1.807, 2.05) is 27.7 Å². The summed E-state index contributed by atoms with van der Waals surface area (Å²) >= 11 is 1.22. The molecule has 1 unspecified atom stereocenters. The van der Waals surface area contributed by atoms with E-state index in [0.29, 0.717) is 18.0 Å². The fraction of sp³-hybridized carbons (Fsp3) is 0.727. The molecule has 0 aliphatic heterocycles. The van der Waals surface area contributed by atoms with Crippen LogP contribution in [0.15, 0.2) is 5.38 Å². The molecule has 0 aromatic carbocycles. The Kier molecular flexibility index (Phi) is 11.6. The predicted molar refractivity (Wildman–Crippen MR) is 124 cm³/mol. The summed E-state index contributed by atoms with van der Waals surface area (Å²) < 4.78 is 10.7. The maximum atomic E-state index is 13.0. The predicted octanol–water partition coefficient (Wildman–Crippen LogP) is 3.35. The molecule has 0 spiro atoms. The zero-order valence-electron chi connectivity index (χ0n) is 20.2. The Morgan fingerprint density at radius 2 is 1.88 bits per heavy atom. The SMILES string of the molecule is CCNC(=O)O[C@H](C[C@H](C(C)C)N(C)C(=O)[C@@H](N)C(C)CC)c1nc(C(=O)OCC)cs1. The van der Waals surface area contributed by atoms with Crippen LogP contribution in [0.1, 0.15) is 76.0 Å². The van der Waals surface area contributed by atoms with Crippen molar-refractivity contribution in [2.24, 2.45) is 17.6 Å². The van der Waals surface area contributed by atoms with Gasteiger partial charge in [-0.05, 0) is 25.7 Å². The van der Waals surface area contributed by atoms with Crippen molar-refractivity contribution < 1.29 is 23.9 Å². The minimum Gasteiger partial charge on any atom is -0.461 e. The molecular weight excluding hydrogens is 432 g/mol. The first-order valence-electron chi connectivity index (χ1n) is 11.2. The number of nitrogens with one attached hydrogen (secondary N) is 1. The van der Waals surface area contributed by atoms with E-state index < -0.39 is 24.2 Å². The number of hydrogen-bond acceptors (Lipinski definition) is 8. The van der Waals surface area contributed by atoms with Crippen molar-refractivity contribution >= 4 is 29.3 Å². The number of nitrogens with two attached hydrogens (primary N) is 1. The zero-order chi connectivity index (χ0) is 24.4. The Morgan fingerprint density at radius 1 is 1.22 bits per heavy atom. The van der Waals surface area contributed by atoms with Crippen molar-refractivity contribution in [3.63, 3.8) is 0 Å². The molecule has 0 fully saturated rings. The number of thiazole rings is 1.